The van der Waals surface area contributed by atoms with E-state index >= 15 is 0 Å². The molecule has 0 radical (unpaired) electrons. The molecule has 0 spiro atoms. The Balaban J connectivity index is 1.72. The number of aliphatic hydroxyl groups excluding tert-OH is 7. The Morgan fingerprint density at radius 2 is 0.939 bits per heavy atom. The minimum absolute atomic E-state index is 0.0784. The van der Waals surface area contributed by atoms with Crippen molar-refractivity contribution in [3.8, 4) is 0 Å². The van der Waals surface area contributed by atoms with E-state index in [0.717, 1.165) is 0 Å². The Labute approximate surface area is 189 Å². The first-order chi connectivity index (χ1) is 15.5. The highest BCUT2D eigenvalue weighted by Crippen LogP contribution is 2.31. The number of aliphatic hydroxyl groups is 7. The van der Waals surface area contributed by atoms with E-state index in [1.807, 2.05) is 0 Å². The van der Waals surface area contributed by atoms with E-state index in [4.69, 9.17) is 41.9 Å². The Morgan fingerprint density at radius 3 is 1.27 bits per heavy atom. The maximum Gasteiger partial charge on any atom is 0.187 e. The van der Waals surface area contributed by atoms with Gasteiger partial charge in [0.15, 0.2) is 12.6 Å². The summed E-state index contributed by atoms with van der Waals surface area (Å²) in [5.41, 5.74) is 23.2. The standard InChI is InChI=1S/C18H36N4O11/c19-2-6-8(23)10(25)12(27)17(30-6)32-15-4(21)1-5(22)16(14(15)29)33-18-13(28)11(26)9(24)7(3-20)31-18/h4-18,23-29H,1-3,19-22H2/t4-,5+,6-,7-,8-,9-,10+,11+,12-,13-,14?,15+,16-,17+,18-/m1/s1. The first-order valence-corrected chi connectivity index (χ1v) is 10.8. The molecule has 3 aliphatic rings. The van der Waals surface area contributed by atoms with Crippen molar-refractivity contribution < 1.29 is 54.7 Å². The summed E-state index contributed by atoms with van der Waals surface area (Å²) in [6.45, 7) is -0.345. The van der Waals surface area contributed by atoms with Gasteiger partial charge in [0, 0.05) is 25.2 Å². The molecule has 0 aromatic carbocycles. The predicted octanol–water partition coefficient (Wildman–Crippen LogP) is -7.29. The van der Waals surface area contributed by atoms with E-state index in [1.165, 1.54) is 0 Å². The molecule has 3 rings (SSSR count). The number of ether oxygens (including phenoxy) is 4. The fourth-order valence-electron chi connectivity index (χ4n) is 4.40. The minimum atomic E-state index is -1.66. The third kappa shape index (κ3) is 5.32. The molecule has 194 valence electrons. The van der Waals surface area contributed by atoms with Gasteiger partial charge in [0.1, 0.15) is 67.1 Å². The molecule has 0 aromatic heterocycles. The molecule has 1 saturated carbocycles. The highest BCUT2D eigenvalue weighted by atomic mass is 16.7. The number of rotatable bonds is 6. The van der Waals surface area contributed by atoms with Gasteiger partial charge in [-0.2, -0.15) is 0 Å². The Kier molecular flexibility index (Phi) is 8.99. The first kappa shape index (κ1) is 27.0. The van der Waals surface area contributed by atoms with E-state index in [-0.39, 0.29) is 19.5 Å². The van der Waals surface area contributed by atoms with Crippen LogP contribution in [0.1, 0.15) is 6.42 Å². The van der Waals surface area contributed by atoms with Gasteiger partial charge >= 0.3 is 0 Å². The Hall–Kier alpha value is -0.600. The molecule has 15 N–H and O–H groups in total. The predicted molar refractivity (Wildman–Crippen MR) is 108 cm³/mol. The van der Waals surface area contributed by atoms with Crippen molar-refractivity contribution in [1.29, 1.82) is 0 Å². The molecule has 2 saturated heterocycles. The van der Waals surface area contributed by atoms with Gasteiger partial charge in [-0.25, -0.2) is 0 Å². The molecule has 0 amide bonds. The van der Waals surface area contributed by atoms with Gasteiger partial charge in [-0.15, -0.1) is 0 Å². The molecule has 33 heavy (non-hydrogen) atoms. The average Bonchev–Trinajstić information content (AvgIpc) is 2.79. The van der Waals surface area contributed by atoms with Crippen LogP contribution >= 0.6 is 0 Å². The third-order valence-corrected chi connectivity index (χ3v) is 6.45. The summed E-state index contributed by atoms with van der Waals surface area (Å²) in [5, 5.41) is 71.4. The quantitative estimate of drug-likeness (QED) is 0.167. The zero-order valence-electron chi connectivity index (χ0n) is 17.9. The van der Waals surface area contributed by atoms with Crippen LogP contribution in [0.5, 0.6) is 0 Å². The molecule has 0 bridgehead atoms. The van der Waals surface area contributed by atoms with Crippen molar-refractivity contribution in [2.45, 2.75) is 98.2 Å². The fraction of sp³-hybridized carbons (Fsp3) is 1.00. The van der Waals surface area contributed by atoms with Crippen LogP contribution < -0.4 is 22.9 Å². The molecule has 15 heteroatoms. The van der Waals surface area contributed by atoms with Crippen LogP contribution in [0.3, 0.4) is 0 Å². The smallest absolute Gasteiger partial charge is 0.187 e. The van der Waals surface area contributed by atoms with E-state index < -0.39 is 91.8 Å². The molecule has 2 heterocycles. The summed E-state index contributed by atoms with van der Waals surface area (Å²) < 4.78 is 22.2. The normalized spacial score (nSPS) is 53.7. The second-order valence-corrected chi connectivity index (χ2v) is 8.76. The average molecular weight is 485 g/mol. The zero-order chi connectivity index (χ0) is 24.6. The largest absolute Gasteiger partial charge is 0.388 e. The van der Waals surface area contributed by atoms with Crippen LogP contribution in [-0.2, 0) is 18.9 Å². The van der Waals surface area contributed by atoms with Gasteiger partial charge in [-0.05, 0) is 6.42 Å². The van der Waals surface area contributed by atoms with E-state index in [0.29, 0.717) is 0 Å². The van der Waals surface area contributed by atoms with Crippen molar-refractivity contribution in [2.75, 3.05) is 13.1 Å². The lowest BCUT2D eigenvalue weighted by molar-refractivity contribution is -0.336. The highest BCUT2D eigenvalue weighted by molar-refractivity contribution is 5.01. The molecular weight excluding hydrogens is 448 g/mol. The topological polar surface area (TPSA) is 283 Å². The maximum absolute atomic E-state index is 10.9. The summed E-state index contributed by atoms with van der Waals surface area (Å²) in [6.07, 6.45) is -18.3. The Bertz CT molecular complexity index is 584. The van der Waals surface area contributed by atoms with Crippen molar-refractivity contribution >= 4 is 0 Å². The molecule has 2 aliphatic heterocycles. The van der Waals surface area contributed by atoms with Gasteiger partial charge in [0.05, 0.1) is 0 Å². The molecule has 1 unspecified atom stereocenters. The van der Waals surface area contributed by atoms with Gasteiger partial charge in [0.25, 0.3) is 0 Å². The summed E-state index contributed by atoms with van der Waals surface area (Å²) in [5.74, 6) is 0. The number of hydrogen-bond donors (Lipinski definition) is 11. The minimum Gasteiger partial charge on any atom is -0.388 e. The van der Waals surface area contributed by atoms with Crippen molar-refractivity contribution in [1.82, 2.24) is 0 Å². The van der Waals surface area contributed by atoms with Crippen LogP contribution in [0.2, 0.25) is 0 Å². The van der Waals surface area contributed by atoms with Crippen LogP contribution in [0.15, 0.2) is 0 Å². The lowest BCUT2D eigenvalue weighted by Crippen LogP contribution is -2.68. The van der Waals surface area contributed by atoms with Gasteiger partial charge in [0.2, 0.25) is 0 Å². The second kappa shape index (κ2) is 11.0. The highest BCUT2D eigenvalue weighted by Gasteiger charge is 2.51. The third-order valence-electron chi connectivity index (χ3n) is 6.45. The first-order valence-electron chi connectivity index (χ1n) is 10.8. The second-order valence-electron chi connectivity index (χ2n) is 8.76. The number of hydrogen-bond acceptors (Lipinski definition) is 15. The molecule has 3 fully saturated rings. The van der Waals surface area contributed by atoms with Crippen LogP contribution in [0, 0.1) is 0 Å². The van der Waals surface area contributed by atoms with Gasteiger partial charge < -0.3 is 77.6 Å². The lowest BCUT2D eigenvalue weighted by atomic mass is 9.84. The van der Waals surface area contributed by atoms with E-state index in [1.54, 1.807) is 0 Å². The number of nitrogens with two attached hydrogens (primary N) is 4. The van der Waals surface area contributed by atoms with Crippen molar-refractivity contribution in [2.24, 2.45) is 22.9 Å². The Morgan fingerprint density at radius 1 is 0.576 bits per heavy atom. The molecule has 1 aliphatic carbocycles. The van der Waals surface area contributed by atoms with E-state index in [2.05, 4.69) is 0 Å². The summed E-state index contributed by atoms with van der Waals surface area (Å²) in [4.78, 5) is 0. The summed E-state index contributed by atoms with van der Waals surface area (Å²) in [7, 11) is 0. The van der Waals surface area contributed by atoms with Crippen LogP contribution in [-0.4, -0.2) is 141 Å². The van der Waals surface area contributed by atoms with Crippen LogP contribution in [0.25, 0.3) is 0 Å². The van der Waals surface area contributed by atoms with Gasteiger partial charge in [-0.3, -0.25) is 0 Å². The van der Waals surface area contributed by atoms with Crippen LogP contribution in [0.4, 0.5) is 0 Å². The van der Waals surface area contributed by atoms with Crippen molar-refractivity contribution in [3.05, 3.63) is 0 Å². The SMILES string of the molecule is NC[C@H]1O[C@@H](O[C@@H]2C(O)[C@H](O[C@H]3O[C@H](CN)[C@@H](O)[C@H](O)[C@H]3O)[C@@H](N)C[C@H]2N)[C@H](O)[C@@H](O)[C@@H]1O. The molecular formula is C18H36N4O11. The monoisotopic (exact) mass is 484 g/mol. The van der Waals surface area contributed by atoms with Gasteiger partial charge in [-0.1, -0.05) is 0 Å². The zero-order valence-corrected chi connectivity index (χ0v) is 17.9. The fourth-order valence-corrected chi connectivity index (χ4v) is 4.40. The lowest BCUT2D eigenvalue weighted by Gasteiger charge is -2.48. The summed E-state index contributed by atoms with van der Waals surface area (Å²) in [6, 6.07) is -1.68. The van der Waals surface area contributed by atoms with E-state index in [9.17, 15) is 35.7 Å². The molecule has 15 atom stereocenters. The van der Waals surface area contributed by atoms with Crippen molar-refractivity contribution in [3.63, 3.8) is 0 Å². The molecule has 0 aromatic rings. The summed E-state index contributed by atoms with van der Waals surface area (Å²) >= 11 is 0. The maximum atomic E-state index is 10.9. The molecule has 15 nitrogen and oxygen atoms in total.